The van der Waals surface area contributed by atoms with E-state index in [0.29, 0.717) is 29.3 Å². The third kappa shape index (κ3) is 5.67. The number of ether oxygens (including phenoxy) is 2. The number of thioether (sulfide) groups is 1. The fraction of sp³-hybridized carbons (Fsp3) is 0.333. The van der Waals surface area contributed by atoms with Gasteiger partial charge in [-0.25, -0.2) is 8.42 Å². The zero-order chi connectivity index (χ0) is 23.5. The molecule has 1 aliphatic rings. The Morgan fingerprint density at radius 3 is 2.62 bits per heavy atom. The minimum absolute atomic E-state index is 0.0459. The fourth-order valence-corrected chi connectivity index (χ4v) is 5.69. The van der Waals surface area contributed by atoms with Crippen LogP contribution in [0.15, 0.2) is 40.1 Å². The van der Waals surface area contributed by atoms with Crippen molar-refractivity contribution in [3.63, 3.8) is 0 Å². The molecule has 2 amide bonds. The van der Waals surface area contributed by atoms with E-state index in [1.54, 1.807) is 6.07 Å². The summed E-state index contributed by atoms with van der Waals surface area (Å²) in [5.74, 6) is -0.366. The molecule has 0 saturated heterocycles. The van der Waals surface area contributed by atoms with E-state index in [2.05, 4.69) is 10.6 Å². The molecule has 0 radical (unpaired) electrons. The quantitative estimate of drug-likeness (QED) is 0.593. The van der Waals surface area contributed by atoms with Gasteiger partial charge in [-0.15, -0.1) is 11.8 Å². The molecular weight excluding hydrogens is 476 g/mol. The smallest absolute Gasteiger partial charge is 0.225 e. The molecule has 0 saturated carbocycles. The van der Waals surface area contributed by atoms with Gasteiger partial charge in [-0.1, -0.05) is 18.5 Å². The van der Waals surface area contributed by atoms with Crippen LogP contribution in [0, 0.1) is 0 Å². The summed E-state index contributed by atoms with van der Waals surface area (Å²) in [5.41, 5.74) is 0.770. The minimum atomic E-state index is -3.76. The third-order valence-electron chi connectivity index (χ3n) is 4.73. The zero-order valence-electron chi connectivity index (χ0n) is 17.7. The number of methoxy groups -OCH3 is 2. The van der Waals surface area contributed by atoms with Crippen molar-refractivity contribution in [3.05, 3.63) is 35.4 Å². The average Bonchev–Trinajstić information content (AvgIpc) is 2.88. The lowest BCUT2D eigenvalue weighted by Crippen LogP contribution is -2.18. The van der Waals surface area contributed by atoms with Crippen LogP contribution >= 0.6 is 23.4 Å². The number of fused-ring (bicyclic) bond motifs is 1. The first kappa shape index (κ1) is 24.2. The fourth-order valence-electron chi connectivity index (χ4n) is 3.14. The topological polar surface area (TPSA) is 111 Å². The maximum absolute atomic E-state index is 12.8. The summed E-state index contributed by atoms with van der Waals surface area (Å²) < 4.78 is 36.0. The lowest BCUT2D eigenvalue weighted by atomic mass is 10.2. The molecule has 0 spiro atoms. The highest BCUT2D eigenvalue weighted by molar-refractivity contribution is 8.00. The standard InChI is InChI=1S/C21H23ClN2O6S2/c1-12-8-21(26)24-16-9-13(4-5-19(16)31-12)32(27,28)7-6-20(25)23-15-10-14(22)17(29-2)11-18(15)30-3/h4-5,9-12H,6-8H2,1-3H3,(H,23,25)(H,24,26)/t12-/m0/s1. The first-order valence-electron chi connectivity index (χ1n) is 9.67. The van der Waals surface area contributed by atoms with Crippen molar-refractivity contribution in [1.82, 2.24) is 0 Å². The minimum Gasteiger partial charge on any atom is -0.495 e. The van der Waals surface area contributed by atoms with Crippen molar-refractivity contribution in [2.45, 2.75) is 34.8 Å². The van der Waals surface area contributed by atoms with Crippen molar-refractivity contribution >= 4 is 56.4 Å². The third-order valence-corrected chi connectivity index (χ3v) is 7.92. The largest absolute Gasteiger partial charge is 0.495 e. The second kappa shape index (κ2) is 10.0. The van der Waals surface area contributed by atoms with Gasteiger partial charge < -0.3 is 20.1 Å². The Morgan fingerprint density at radius 1 is 1.22 bits per heavy atom. The first-order chi connectivity index (χ1) is 15.1. The number of benzene rings is 2. The molecule has 11 heteroatoms. The number of hydrogen-bond acceptors (Lipinski definition) is 7. The number of halogens is 1. The van der Waals surface area contributed by atoms with Crippen LogP contribution in [0.1, 0.15) is 19.8 Å². The summed E-state index contributed by atoms with van der Waals surface area (Å²) in [4.78, 5) is 25.2. The normalized spacial score (nSPS) is 15.9. The van der Waals surface area contributed by atoms with Crippen LogP contribution in [0.5, 0.6) is 11.5 Å². The Bertz CT molecular complexity index is 1150. The average molecular weight is 499 g/mol. The van der Waals surface area contributed by atoms with E-state index < -0.39 is 21.5 Å². The maximum Gasteiger partial charge on any atom is 0.225 e. The molecular formula is C21H23ClN2O6S2. The van der Waals surface area contributed by atoms with Crippen molar-refractivity contribution < 1.29 is 27.5 Å². The van der Waals surface area contributed by atoms with Gasteiger partial charge in [0.1, 0.15) is 11.5 Å². The number of carbonyl (C=O) groups excluding carboxylic acids is 2. The van der Waals surface area contributed by atoms with E-state index in [1.165, 1.54) is 50.2 Å². The predicted octanol–water partition coefficient (Wildman–Crippen LogP) is 3.98. The number of amides is 2. The molecule has 0 aromatic heterocycles. The number of hydrogen-bond donors (Lipinski definition) is 2. The molecule has 0 bridgehead atoms. The molecule has 0 aliphatic carbocycles. The molecule has 8 nitrogen and oxygen atoms in total. The SMILES string of the molecule is COc1cc(OC)c(NC(=O)CCS(=O)(=O)c2ccc3c(c2)NC(=O)C[C@H](C)S3)cc1Cl. The van der Waals surface area contributed by atoms with Crippen LogP contribution in [0.25, 0.3) is 0 Å². The van der Waals surface area contributed by atoms with Gasteiger partial charge in [0.2, 0.25) is 11.8 Å². The van der Waals surface area contributed by atoms with E-state index in [1.807, 2.05) is 6.92 Å². The lowest BCUT2D eigenvalue weighted by molar-refractivity contribution is -0.116. The Labute approximate surface area is 195 Å². The summed E-state index contributed by atoms with van der Waals surface area (Å²) in [5, 5.41) is 5.73. The van der Waals surface area contributed by atoms with Crippen LogP contribution in [0.2, 0.25) is 5.02 Å². The number of nitrogens with one attached hydrogen (secondary N) is 2. The van der Waals surface area contributed by atoms with Crippen LogP contribution < -0.4 is 20.1 Å². The molecule has 2 N–H and O–H groups in total. The lowest BCUT2D eigenvalue weighted by Gasteiger charge is -2.13. The van der Waals surface area contributed by atoms with Gasteiger partial charge in [-0.05, 0) is 24.3 Å². The Hall–Kier alpha value is -2.43. The summed E-state index contributed by atoms with van der Waals surface area (Å²) >= 11 is 7.61. The predicted molar refractivity (Wildman–Crippen MR) is 125 cm³/mol. The molecule has 0 unspecified atom stereocenters. The van der Waals surface area contributed by atoms with Gasteiger partial charge in [-0.2, -0.15) is 0 Å². The van der Waals surface area contributed by atoms with Crippen LogP contribution in [-0.2, 0) is 19.4 Å². The molecule has 32 heavy (non-hydrogen) atoms. The monoisotopic (exact) mass is 498 g/mol. The van der Waals surface area contributed by atoms with Gasteiger partial charge in [0.15, 0.2) is 9.84 Å². The van der Waals surface area contributed by atoms with E-state index in [4.69, 9.17) is 21.1 Å². The summed E-state index contributed by atoms with van der Waals surface area (Å²) in [6, 6.07) is 7.61. The maximum atomic E-state index is 12.8. The number of anilines is 2. The zero-order valence-corrected chi connectivity index (χ0v) is 20.1. The Morgan fingerprint density at radius 2 is 1.94 bits per heavy atom. The van der Waals surface area contributed by atoms with E-state index in [9.17, 15) is 18.0 Å². The van der Waals surface area contributed by atoms with E-state index >= 15 is 0 Å². The molecule has 2 aromatic rings. The molecule has 0 fully saturated rings. The van der Waals surface area contributed by atoms with Crippen LogP contribution in [-0.4, -0.2) is 45.5 Å². The molecule has 3 rings (SSSR count). The molecule has 1 atom stereocenters. The van der Waals surface area contributed by atoms with Gasteiger partial charge in [0.05, 0.1) is 41.3 Å². The Balaban J connectivity index is 1.71. The number of sulfone groups is 1. The van der Waals surface area contributed by atoms with Crippen molar-refractivity contribution in [2.75, 3.05) is 30.6 Å². The van der Waals surface area contributed by atoms with Crippen molar-refractivity contribution in [1.29, 1.82) is 0 Å². The van der Waals surface area contributed by atoms with Crippen molar-refractivity contribution in [3.8, 4) is 11.5 Å². The molecule has 172 valence electrons. The molecule has 2 aromatic carbocycles. The van der Waals surface area contributed by atoms with E-state index in [-0.39, 0.29) is 27.5 Å². The van der Waals surface area contributed by atoms with Crippen LogP contribution in [0.4, 0.5) is 11.4 Å². The Kier molecular flexibility index (Phi) is 7.58. The second-order valence-electron chi connectivity index (χ2n) is 7.14. The summed E-state index contributed by atoms with van der Waals surface area (Å²) in [6.45, 7) is 1.94. The van der Waals surface area contributed by atoms with Gasteiger partial charge in [0.25, 0.3) is 0 Å². The van der Waals surface area contributed by atoms with Gasteiger partial charge >= 0.3 is 0 Å². The first-order valence-corrected chi connectivity index (χ1v) is 12.6. The highest BCUT2D eigenvalue weighted by atomic mass is 35.5. The highest BCUT2D eigenvalue weighted by Gasteiger charge is 2.23. The van der Waals surface area contributed by atoms with Crippen molar-refractivity contribution in [2.24, 2.45) is 0 Å². The number of carbonyl (C=O) groups is 2. The van der Waals surface area contributed by atoms with Gasteiger partial charge in [-0.3, -0.25) is 9.59 Å². The summed E-state index contributed by atoms with van der Waals surface area (Å²) in [6.07, 6.45) is 0.0742. The van der Waals surface area contributed by atoms with E-state index in [0.717, 1.165) is 4.90 Å². The molecule has 1 heterocycles. The summed E-state index contributed by atoms with van der Waals surface area (Å²) in [7, 11) is -0.872. The number of rotatable bonds is 7. The molecule has 1 aliphatic heterocycles. The van der Waals surface area contributed by atoms with Crippen LogP contribution in [0.3, 0.4) is 0 Å². The second-order valence-corrected chi connectivity index (χ2v) is 11.1. The van der Waals surface area contributed by atoms with Gasteiger partial charge in [0, 0.05) is 29.1 Å². The highest BCUT2D eigenvalue weighted by Crippen LogP contribution is 2.37.